The maximum Gasteiger partial charge on any atom is 0.353 e. The Bertz CT molecular complexity index is 263. The largest absolute Gasteiger partial charge is 0.459 e. The van der Waals surface area contributed by atoms with E-state index in [2.05, 4.69) is 16.1 Å². The quantitative estimate of drug-likeness (QED) is 0.464. The molecule has 1 rings (SSSR count). The van der Waals surface area contributed by atoms with Gasteiger partial charge in [-0.05, 0) is 6.92 Å². The molecule has 0 amide bonds. The van der Waals surface area contributed by atoms with Crippen LogP contribution in [0.1, 0.15) is 6.92 Å². The second kappa shape index (κ2) is 3.16. The highest BCUT2D eigenvalue weighted by Gasteiger charge is 2.52. The summed E-state index contributed by atoms with van der Waals surface area (Å²) < 4.78 is 22.0. The molecule has 1 saturated heterocycles. The minimum absolute atomic E-state index is 0.375. The van der Waals surface area contributed by atoms with Crippen LogP contribution in [0, 0.1) is 0 Å². The van der Waals surface area contributed by atoms with Crippen LogP contribution in [-0.2, 0) is 19.1 Å². The average Bonchev–Trinajstić information content (AvgIpc) is 2.33. The molecule has 0 saturated carbocycles. The van der Waals surface area contributed by atoms with Gasteiger partial charge in [-0.15, -0.1) is 0 Å². The molecule has 72 valence electrons. The number of carbonyl (C=O) groups excluding carboxylic acids is 2. The maximum absolute atomic E-state index is 13.1. The van der Waals surface area contributed by atoms with Gasteiger partial charge in [-0.25, -0.2) is 14.0 Å². The van der Waals surface area contributed by atoms with E-state index < -0.39 is 23.7 Å². The number of hydrogen-bond acceptors (Lipinski definition) is 4. The predicted molar refractivity (Wildman–Crippen MR) is 40.5 cm³/mol. The van der Waals surface area contributed by atoms with E-state index in [1.54, 1.807) is 0 Å². The summed E-state index contributed by atoms with van der Waals surface area (Å²) in [6, 6.07) is 0. The van der Waals surface area contributed by atoms with Crippen molar-refractivity contribution in [2.45, 2.75) is 18.7 Å². The van der Waals surface area contributed by atoms with Crippen molar-refractivity contribution in [1.29, 1.82) is 0 Å². The van der Waals surface area contributed by atoms with Gasteiger partial charge < -0.3 is 9.47 Å². The molecule has 0 N–H and O–H groups in total. The Morgan fingerprint density at radius 1 is 1.92 bits per heavy atom. The number of esters is 2. The third kappa shape index (κ3) is 1.54. The number of rotatable bonds is 2. The van der Waals surface area contributed by atoms with Gasteiger partial charge in [-0.2, -0.15) is 0 Å². The normalized spacial score (nSPS) is 32.5. The van der Waals surface area contributed by atoms with Crippen LogP contribution in [0.15, 0.2) is 12.7 Å². The molecular weight excluding hydrogens is 179 g/mol. The first-order chi connectivity index (χ1) is 6.00. The van der Waals surface area contributed by atoms with E-state index in [-0.39, 0.29) is 6.61 Å². The van der Waals surface area contributed by atoms with Crippen LogP contribution in [0.4, 0.5) is 4.39 Å². The van der Waals surface area contributed by atoms with E-state index in [0.29, 0.717) is 0 Å². The van der Waals surface area contributed by atoms with E-state index in [0.717, 1.165) is 6.08 Å². The highest BCUT2D eigenvalue weighted by molar-refractivity contribution is 5.88. The molecule has 0 radical (unpaired) electrons. The average molecular weight is 188 g/mol. The van der Waals surface area contributed by atoms with E-state index in [4.69, 9.17) is 0 Å². The third-order valence-corrected chi connectivity index (χ3v) is 1.84. The lowest BCUT2D eigenvalue weighted by Crippen LogP contribution is -2.43. The fourth-order valence-corrected chi connectivity index (χ4v) is 0.935. The molecule has 0 aromatic heterocycles. The number of alkyl halides is 1. The van der Waals surface area contributed by atoms with Crippen molar-refractivity contribution >= 4 is 11.9 Å². The van der Waals surface area contributed by atoms with Crippen LogP contribution < -0.4 is 0 Å². The molecule has 13 heavy (non-hydrogen) atoms. The van der Waals surface area contributed by atoms with Gasteiger partial charge in [0, 0.05) is 6.08 Å². The molecule has 0 spiro atoms. The fraction of sp³-hybridized carbons (Fsp3) is 0.500. The summed E-state index contributed by atoms with van der Waals surface area (Å²) in [5.41, 5.74) is -1.81. The summed E-state index contributed by atoms with van der Waals surface area (Å²) in [7, 11) is 0. The summed E-state index contributed by atoms with van der Waals surface area (Å²) in [6.07, 6.45) is -0.757. The van der Waals surface area contributed by atoms with Crippen LogP contribution in [0.2, 0.25) is 0 Å². The van der Waals surface area contributed by atoms with Crippen LogP contribution in [0.5, 0.6) is 0 Å². The Hall–Kier alpha value is -1.39. The summed E-state index contributed by atoms with van der Waals surface area (Å²) >= 11 is 0. The first-order valence-electron chi connectivity index (χ1n) is 3.67. The van der Waals surface area contributed by atoms with Gasteiger partial charge in [0.15, 0.2) is 6.17 Å². The highest BCUT2D eigenvalue weighted by atomic mass is 19.1. The minimum Gasteiger partial charge on any atom is -0.459 e. The molecule has 0 aliphatic carbocycles. The number of cyclic esters (lactones) is 1. The van der Waals surface area contributed by atoms with Crippen molar-refractivity contribution < 1.29 is 23.5 Å². The smallest absolute Gasteiger partial charge is 0.353 e. The summed E-state index contributed by atoms with van der Waals surface area (Å²) in [4.78, 5) is 21.7. The second-order valence-electron chi connectivity index (χ2n) is 2.80. The molecule has 2 unspecified atom stereocenters. The van der Waals surface area contributed by atoms with E-state index in [9.17, 15) is 14.0 Å². The lowest BCUT2D eigenvalue weighted by molar-refractivity contribution is -0.170. The minimum atomic E-state index is -1.81. The topological polar surface area (TPSA) is 52.6 Å². The SMILES string of the molecule is C=CC(=O)OC1(C)C(=O)OCC1F. The number of halogens is 1. The Balaban J connectivity index is 2.79. The Morgan fingerprint density at radius 3 is 2.92 bits per heavy atom. The highest BCUT2D eigenvalue weighted by Crippen LogP contribution is 2.27. The zero-order valence-corrected chi connectivity index (χ0v) is 7.08. The molecule has 0 bridgehead atoms. The molecule has 5 heteroatoms. The molecule has 2 atom stereocenters. The molecule has 0 aromatic rings. The van der Waals surface area contributed by atoms with Crippen molar-refractivity contribution in [3.63, 3.8) is 0 Å². The van der Waals surface area contributed by atoms with E-state index in [1.165, 1.54) is 6.92 Å². The zero-order chi connectivity index (χ0) is 10.1. The zero-order valence-electron chi connectivity index (χ0n) is 7.08. The number of carbonyl (C=O) groups is 2. The predicted octanol–water partition coefficient (Wildman–Crippen LogP) is 0.369. The van der Waals surface area contributed by atoms with Gasteiger partial charge in [-0.3, -0.25) is 0 Å². The van der Waals surface area contributed by atoms with E-state index >= 15 is 0 Å². The Labute approximate surface area is 74.3 Å². The molecule has 1 aliphatic rings. The standard InChI is InChI=1S/C8H9FO4/c1-3-6(10)13-8(2)5(9)4-12-7(8)11/h3,5H,1,4H2,2H3. The van der Waals surface area contributed by atoms with Crippen molar-refractivity contribution in [2.24, 2.45) is 0 Å². The molecule has 0 aromatic carbocycles. The monoisotopic (exact) mass is 188 g/mol. The van der Waals surface area contributed by atoms with Gasteiger partial charge in [-0.1, -0.05) is 6.58 Å². The van der Waals surface area contributed by atoms with Crippen molar-refractivity contribution in [3.05, 3.63) is 12.7 Å². The van der Waals surface area contributed by atoms with Crippen LogP contribution in [0.25, 0.3) is 0 Å². The molecule has 4 nitrogen and oxygen atoms in total. The fourth-order valence-electron chi connectivity index (χ4n) is 0.935. The third-order valence-electron chi connectivity index (χ3n) is 1.84. The first kappa shape index (κ1) is 9.70. The molecule has 1 aliphatic heterocycles. The van der Waals surface area contributed by atoms with Crippen LogP contribution in [-0.4, -0.2) is 30.3 Å². The summed E-state index contributed by atoms with van der Waals surface area (Å²) in [5.74, 6) is -1.71. The Kier molecular flexibility index (Phi) is 2.36. The van der Waals surface area contributed by atoms with Crippen molar-refractivity contribution in [3.8, 4) is 0 Å². The first-order valence-corrected chi connectivity index (χ1v) is 3.67. The lowest BCUT2D eigenvalue weighted by Gasteiger charge is -2.20. The Morgan fingerprint density at radius 2 is 2.54 bits per heavy atom. The van der Waals surface area contributed by atoms with Crippen molar-refractivity contribution in [2.75, 3.05) is 6.61 Å². The number of ether oxygens (including phenoxy) is 2. The number of hydrogen-bond donors (Lipinski definition) is 0. The van der Waals surface area contributed by atoms with Crippen LogP contribution in [0.3, 0.4) is 0 Å². The summed E-state index contributed by atoms with van der Waals surface area (Å²) in [6.45, 7) is 3.93. The maximum atomic E-state index is 13.1. The lowest BCUT2D eigenvalue weighted by atomic mass is 10.0. The molecule has 1 fully saturated rings. The van der Waals surface area contributed by atoms with E-state index in [1.807, 2.05) is 0 Å². The van der Waals surface area contributed by atoms with Gasteiger partial charge >= 0.3 is 11.9 Å². The van der Waals surface area contributed by atoms with Crippen molar-refractivity contribution in [1.82, 2.24) is 0 Å². The van der Waals surface area contributed by atoms with Gasteiger partial charge in [0.25, 0.3) is 0 Å². The van der Waals surface area contributed by atoms with Gasteiger partial charge in [0.1, 0.15) is 6.61 Å². The summed E-state index contributed by atoms with van der Waals surface area (Å²) in [5, 5.41) is 0. The van der Waals surface area contributed by atoms with Gasteiger partial charge in [0.2, 0.25) is 5.60 Å². The molecule has 1 heterocycles. The van der Waals surface area contributed by atoms with Gasteiger partial charge in [0.05, 0.1) is 0 Å². The second-order valence-corrected chi connectivity index (χ2v) is 2.80. The van der Waals surface area contributed by atoms with Crippen LogP contribution >= 0.6 is 0 Å². The molecular formula is C8H9FO4.